The van der Waals surface area contributed by atoms with Gasteiger partial charge in [0, 0.05) is 5.56 Å². The predicted molar refractivity (Wildman–Crippen MR) is 110 cm³/mol. The summed E-state index contributed by atoms with van der Waals surface area (Å²) in [6.45, 7) is 0.324. The quantitative estimate of drug-likeness (QED) is 0.251. The van der Waals surface area contributed by atoms with Gasteiger partial charge in [-0.2, -0.15) is 5.26 Å². The molecule has 0 atom stereocenters. The first-order valence-corrected chi connectivity index (χ1v) is 9.18. The van der Waals surface area contributed by atoms with E-state index in [1.54, 1.807) is 48.5 Å². The highest BCUT2D eigenvalue weighted by atomic mass is 127. The summed E-state index contributed by atoms with van der Waals surface area (Å²) in [4.78, 5) is 0. The van der Waals surface area contributed by atoms with Crippen LogP contribution in [-0.4, -0.2) is 0 Å². The molecule has 0 N–H and O–H groups in total. The van der Waals surface area contributed by atoms with Gasteiger partial charge in [-0.25, -0.2) is 8.78 Å². The topological polar surface area (TPSA) is 33.0 Å². The standard InChI is InChI=1S/C22H14F2INO/c23-18-8-5-15(6-9-18)14-27-22-10-7-16(12-21(22)25)11-17(13-26)19-3-1-2-4-20(19)24/h1-12H,14H2/b17-11-. The first kappa shape index (κ1) is 19.1. The first-order chi connectivity index (χ1) is 13.1. The molecule has 3 rings (SSSR count). The summed E-state index contributed by atoms with van der Waals surface area (Å²) >= 11 is 2.14. The van der Waals surface area contributed by atoms with E-state index in [0.717, 1.165) is 14.7 Å². The lowest BCUT2D eigenvalue weighted by atomic mass is 10.0. The minimum Gasteiger partial charge on any atom is -0.488 e. The smallest absolute Gasteiger partial charge is 0.133 e. The van der Waals surface area contributed by atoms with Crippen LogP contribution in [0.4, 0.5) is 8.78 Å². The highest BCUT2D eigenvalue weighted by Gasteiger charge is 2.08. The first-order valence-electron chi connectivity index (χ1n) is 8.10. The Morgan fingerprint density at radius 2 is 1.78 bits per heavy atom. The molecule has 0 radical (unpaired) electrons. The maximum absolute atomic E-state index is 13.9. The van der Waals surface area contributed by atoms with Gasteiger partial charge >= 0.3 is 0 Å². The molecule has 0 aliphatic rings. The van der Waals surface area contributed by atoms with E-state index in [0.29, 0.717) is 12.4 Å². The van der Waals surface area contributed by atoms with Crippen molar-refractivity contribution in [3.63, 3.8) is 0 Å². The molecule has 0 amide bonds. The second kappa shape index (κ2) is 8.78. The van der Waals surface area contributed by atoms with E-state index in [4.69, 9.17) is 4.74 Å². The third kappa shape index (κ3) is 4.92. The van der Waals surface area contributed by atoms with Gasteiger partial charge in [-0.3, -0.25) is 0 Å². The van der Waals surface area contributed by atoms with Gasteiger partial charge in [-0.05, 0) is 70.1 Å². The molecule has 0 unspecified atom stereocenters. The van der Waals surface area contributed by atoms with Gasteiger partial charge in [0.15, 0.2) is 0 Å². The van der Waals surface area contributed by atoms with E-state index >= 15 is 0 Å². The number of hydrogen-bond acceptors (Lipinski definition) is 2. The third-order valence-corrected chi connectivity index (χ3v) is 4.70. The fraction of sp³-hybridized carbons (Fsp3) is 0.0455. The van der Waals surface area contributed by atoms with Crippen LogP contribution in [0.1, 0.15) is 16.7 Å². The molecule has 134 valence electrons. The summed E-state index contributed by atoms with van der Waals surface area (Å²) in [5.41, 5.74) is 2.16. The molecular weight excluding hydrogens is 459 g/mol. The highest BCUT2D eigenvalue weighted by molar-refractivity contribution is 14.1. The molecule has 0 aliphatic heterocycles. The lowest BCUT2D eigenvalue weighted by molar-refractivity contribution is 0.304. The molecule has 2 nitrogen and oxygen atoms in total. The summed E-state index contributed by atoms with van der Waals surface area (Å²) in [7, 11) is 0. The van der Waals surface area contributed by atoms with Crippen LogP contribution in [0, 0.1) is 26.5 Å². The van der Waals surface area contributed by atoms with Crippen molar-refractivity contribution in [2.75, 3.05) is 0 Å². The van der Waals surface area contributed by atoms with Crippen molar-refractivity contribution >= 4 is 34.2 Å². The van der Waals surface area contributed by atoms with E-state index < -0.39 is 5.82 Å². The van der Waals surface area contributed by atoms with Gasteiger partial charge in [-0.15, -0.1) is 0 Å². The molecule has 27 heavy (non-hydrogen) atoms. The zero-order valence-corrected chi connectivity index (χ0v) is 16.3. The zero-order chi connectivity index (χ0) is 19.2. The Balaban J connectivity index is 1.78. The Morgan fingerprint density at radius 3 is 2.44 bits per heavy atom. The van der Waals surface area contributed by atoms with Crippen LogP contribution in [-0.2, 0) is 6.61 Å². The Kier molecular flexibility index (Phi) is 6.20. The molecule has 0 saturated heterocycles. The number of benzene rings is 3. The van der Waals surface area contributed by atoms with Crippen molar-refractivity contribution < 1.29 is 13.5 Å². The average Bonchev–Trinajstić information content (AvgIpc) is 2.67. The molecule has 0 heterocycles. The Labute approximate surface area is 169 Å². The summed E-state index contributed by atoms with van der Waals surface area (Å²) in [5, 5.41) is 9.38. The highest BCUT2D eigenvalue weighted by Crippen LogP contribution is 2.26. The average molecular weight is 473 g/mol. The van der Waals surface area contributed by atoms with E-state index in [-0.39, 0.29) is 17.0 Å². The van der Waals surface area contributed by atoms with Crippen molar-refractivity contribution in [3.05, 3.63) is 98.6 Å². The van der Waals surface area contributed by atoms with E-state index in [1.165, 1.54) is 18.2 Å². The second-order valence-corrected chi connectivity index (χ2v) is 6.92. The van der Waals surface area contributed by atoms with Gasteiger partial charge in [0.1, 0.15) is 24.0 Å². The van der Waals surface area contributed by atoms with Crippen LogP contribution in [0.25, 0.3) is 11.6 Å². The minimum absolute atomic E-state index is 0.254. The number of nitrogens with zero attached hydrogens (tertiary/aromatic N) is 1. The normalized spacial score (nSPS) is 11.1. The molecular formula is C22H14F2INO. The summed E-state index contributed by atoms with van der Waals surface area (Å²) in [5.74, 6) is -0.0339. The third-order valence-electron chi connectivity index (χ3n) is 3.86. The molecule has 0 bridgehead atoms. The molecule has 3 aromatic rings. The van der Waals surface area contributed by atoms with Gasteiger partial charge in [-0.1, -0.05) is 36.4 Å². The second-order valence-electron chi connectivity index (χ2n) is 5.75. The summed E-state index contributed by atoms with van der Waals surface area (Å²) < 4.78 is 33.5. The van der Waals surface area contributed by atoms with Crippen molar-refractivity contribution in [2.45, 2.75) is 6.61 Å². The van der Waals surface area contributed by atoms with Crippen molar-refractivity contribution in [1.82, 2.24) is 0 Å². The molecule has 0 aromatic heterocycles. The maximum Gasteiger partial charge on any atom is 0.133 e. The largest absolute Gasteiger partial charge is 0.488 e. The zero-order valence-electron chi connectivity index (χ0n) is 14.1. The molecule has 0 fully saturated rings. The number of ether oxygens (including phenoxy) is 1. The van der Waals surface area contributed by atoms with E-state index in [1.807, 2.05) is 12.1 Å². The minimum atomic E-state index is -0.431. The van der Waals surface area contributed by atoms with Crippen molar-refractivity contribution in [3.8, 4) is 11.8 Å². The number of nitriles is 1. The summed E-state index contributed by atoms with van der Waals surface area (Å²) in [6, 6.07) is 19.8. The number of allylic oxidation sites excluding steroid dienone is 1. The fourth-order valence-corrected chi connectivity index (χ4v) is 3.18. The Hall–Kier alpha value is -2.72. The Bertz CT molecular complexity index is 1020. The molecule has 5 heteroatoms. The lowest BCUT2D eigenvalue weighted by Crippen LogP contribution is -1.97. The number of rotatable bonds is 5. The molecule has 0 saturated carbocycles. The van der Waals surface area contributed by atoms with Gasteiger partial charge in [0.2, 0.25) is 0 Å². The van der Waals surface area contributed by atoms with Gasteiger partial charge in [0.05, 0.1) is 15.2 Å². The van der Waals surface area contributed by atoms with Crippen LogP contribution >= 0.6 is 22.6 Å². The summed E-state index contributed by atoms with van der Waals surface area (Å²) in [6.07, 6.45) is 1.64. The van der Waals surface area contributed by atoms with E-state index in [9.17, 15) is 14.0 Å². The number of halogens is 3. The van der Waals surface area contributed by atoms with Crippen LogP contribution in [0.2, 0.25) is 0 Å². The van der Waals surface area contributed by atoms with Crippen molar-refractivity contribution in [2.24, 2.45) is 0 Å². The van der Waals surface area contributed by atoms with Crippen LogP contribution in [0.5, 0.6) is 5.75 Å². The van der Waals surface area contributed by atoms with Gasteiger partial charge in [0.25, 0.3) is 0 Å². The molecule has 0 spiro atoms. The van der Waals surface area contributed by atoms with E-state index in [2.05, 4.69) is 22.6 Å². The van der Waals surface area contributed by atoms with Crippen molar-refractivity contribution in [1.29, 1.82) is 5.26 Å². The Morgan fingerprint density at radius 1 is 1.04 bits per heavy atom. The predicted octanol–water partition coefficient (Wildman–Crippen LogP) is 6.21. The fourth-order valence-electron chi connectivity index (χ4n) is 2.48. The van der Waals surface area contributed by atoms with Crippen LogP contribution < -0.4 is 4.74 Å². The maximum atomic E-state index is 13.9. The van der Waals surface area contributed by atoms with Crippen LogP contribution in [0.15, 0.2) is 66.7 Å². The molecule has 3 aromatic carbocycles. The SMILES string of the molecule is N#C/C(=C/c1ccc(OCc2ccc(F)cc2)c(I)c1)c1ccccc1F. The van der Waals surface area contributed by atoms with Gasteiger partial charge < -0.3 is 4.74 Å². The monoisotopic (exact) mass is 473 g/mol. The molecule has 0 aliphatic carbocycles. The number of hydrogen-bond donors (Lipinski definition) is 0. The van der Waals surface area contributed by atoms with Crippen LogP contribution in [0.3, 0.4) is 0 Å². The lowest BCUT2D eigenvalue weighted by Gasteiger charge is -2.09.